The fourth-order valence-electron chi connectivity index (χ4n) is 3.19. The number of carbonyl (C=O) groups excluding carboxylic acids is 1. The second-order valence-electron chi connectivity index (χ2n) is 6.17. The fraction of sp³-hybridized carbons (Fsp3) is 0.588. The van der Waals surface area contributed by atoms with Gasteiger partial charge in [0.05, 0.1) is 11.5 Å². The first kappa shape index (κ1) is 18.2. The smallest absolute Gasteiger partial charge is 0.292 e. The SMILES string of the molecule is CCCN(C(=O)CN(C)c1ccccc1[N+](=O)[O-])C1CCNCC1. The highest BCUT2D eigenvalue weighted by molar-refractivity contribution is 5.82. The molecule has 0 bridgehead atoms. The van der Waals surface area contributed by atoms with E-state index in [4.69, 9.17) is 0 Å². The Bertz CT molecular complexity index is 573. The summed E-state index contributed by atoms with van der Waals surface area (Å²) in [5, 5.41) is 14.5. The quantitative estimate of drug-likeness (QED) is 0.610. The minimum atomic E-state index is -0.410. The first-order chi connectivity index (χ1) is 11.5. The Hall–Kier alpha value is -2.15. The van der Waals surface area contributed by atoms with Gasteiger partial charge in [0.25, 0.3) is 5.69 Å². The molecule has 2 rings (SSSR count). The Morgan fingerprint density at radius 3 is 2.62 bits per heavy atom. The molecule has 1 fully saturated rings. The topological polar surface area (TPSA) is 78.7 Å². The summed E-state index contributed by atoms with van der Waals surface area (Å²) in [5.74, 6) is 0.0319. The van der Waals surface area contributed by atoms with Crippen molar-refractivity contribution in [1.29, 1.82) is 0 Å². The van der Waals surface area contributed by atoms with E-state index >= 15 is 0 Å². The molecular formula is C17H26N4O3. The molecule has 24 heavy (non-hydrogen) atoms. The van der Waals surface area contributed by atoms with Gasteiger partial charge in [-0.3, -0.25) is 14.9 Å². The summed E-state index contributed by atoms with van der Waals surface area (Å²) >= 11 is 0. The van der Waals surface area contributed by atoms with E-state index in [-0.39, 0.29) is 24.2 Å². The van der Waals surface area contributed by atoms with Crippen molar-refractivity contribution in [2.24, 2.45) is 0 Å². The number of para-hydroxylation sites is 2. The third kappa shape index (κ3) is 4.44. The van der Waals surface area contributed by atoms with Crippen LogP contribution < -0.4 is 10.2 Å². The van der Waals surface area contributed by atoms with E-state index in [2.05, 4.69) is 12.2 Å². The van der Waals surface area contributed by atoms with E-state index in [1.807, 2.05) is 4.90 Å². The van der Waals surface area contributed by atoms with Gasteiger partial charge in [0, 0.05) is 25.7 Å². The molecule has 1 aliphatic rings. The van der Waals surface area contributed by atoms with Crippen molar-refractivity contribution in [3.63, 3.8) is 0 Å². The predicted octanol–water partition coefficient (Wildman–Crippen LogP) is 2.02. The van der Waals surface area contributed by atoms with Crippen LogP contribution >= 0.6 is 0 Å². The number of nitrogens with one attached hydrogen (secondary N) is 1. The first-order valence-corrected chi connectivity index (χ1v) is 8.49. The lowest BCUT2D eigenvalue weighted by atomic mass is 10.0. The maximum Gasteiger partial charge on any atom is 0.292 e. The summed E-state index contributed by atoms with van der Waals surface area (Å²) in [7, 11) is 1.73. The molecular weight excluding hydrogens is 308 g/mol. The van der Waals surface area contributed by atoms with Gasteiger partial charge < -0.3 is 15.1 Å². The van der Waals surface area contributed by atoms with E-state index in [9.17, 15) is 14.9 Å². The number of nitro groups is 1. The number of likely N-dealkylation sites (N-methyl/N-ethyl adjacent to an activating group) is 1. The summed E-state index contributed by atoms with van der Waals surface area (Å²) in [4.78, 5) is 27.2. The highest BCUT2D eigenvalue weighted by atomic mass is 16.6. The average molecular weight is 334 g/mol. The molecule has 0 unspecified atom stereocenters. The Morgan fingerprint density at radius 1 is 1.33 bits per heavy atom. The number of nitro benzene ring substituents is 1. The maximum absolute atomic E-state index is 12.8. The van der Waals surface area contributed by atoms with Gasteiger partial charge in [-0.15, -0.1) is 0 Å². The lowest BCUT2D eigenvalue weighted by Gasteiger charge is -2.35. The number of hydrogen-bond acceptors (Lipinski definition) is 5. The van der Waals surface area contributed by atoms with E-state index in [1.54, 1.807) is 30.1 Å². The highest BCUT2D eigenvalue weighted by Crippen LogP contribution is 2.26. The van der Waals surface area contributed by atoms with Crippen molar-refractivity contribution in [2.45, 2.75) is 32.2 Å². The lowest BCUT2D eigenvalue weighted by molar-refractivity contribution is -0.384. The van der Waals surface area contributed by atoms with Gasteiger partial charge in [-0.1, -0.05) is 19.1 Å². The van der Waals surface area contributed by atoms with Crippen LogP contribution in [-0.4, -0.2) is 55.0 Å². The summed E-state index contributed by atoms with van der Waals surface area (Å²) in [6, 6.07) is 6.79. The molecule has 1 amide bonds. The molecule has 1 aromatic carbocycles. The van der Waals surface area contributed by atoms with Gasteiger partial charge in [-0.25, -0.2) is 0 Å². The molecule has 7 heteroatoms. The van der Waals surface area contributed by atoms with Gasteiger partial charge in [0.2, 0.25) is 5.91 Å². The van der Waals surface area contributed by atoms with Crippen LogP contribution in [0.15, 0.2) is 24.3 Å². The number of hydrogen-bond donors (Lipinski definition) is 1. The third-order valence-corrected chi connectivity index (χ3v) is 4.40. The van der Waals surface area contributed by atoms with E-state index in [0.717, 1.165) is 38.9 Å². The number of benzene rings is 1. The minimum Gasteiger partial charge on any atom is -0.360 e. The Morgan fingerprint density at radius 2 is 2.00 bits per heavy atom. The average Bonchev–Trinajstić information content (AvgIpc) is 2.60. The van der Waals surface area contributed by atoms with Crippen molar-refractivity contribution in [3.8, 4) is 0 Å². The molecule has 1 saturated heterocycles. The van der Waals surface area contributed by atoms with Crippen molar-refractivity contribution in [1.82, 2.24) is 10.2 Å². The Labute approximate surface area is 142 Å². The van der Waals surface area contributed by atoms with E-state index < -0.39 is 4.92 Å². The number of carbonyl (C=O) groups is 1. The largest absolute Gasteiger partial charge is 0.360 e. The van der Waals surface area contributed by atoms with Gasteiger partial charge in [0.1, 0.15) is 5.69 Å². The monoisotopic (exact) mass is 334 g/mol. The normalized spacial score (nSPS) is 15.1. The van der Waals surface area contributed by atoms with Crippen LogP contribution in [0.5, 0.6) is 0 Å². The molecule has 1 aliphatic heterocycles. The zero-order valence-corrected chi connectivity index (χ0v) is 14.4. The summed E-state index contributed by atoms with van der Waals surface area (Å²) < 4.78 is 0. The van der Waals surface area contributed by atoms with Crippen LogP contribution in [0.3, 0.4) is 0 Å². The zero-order valence-electron chi connectivity index (χ0n) is 14.4. The number of anilines is 1. The Kier molecular flexibility index (Phi) is 6.54. The van der Waals surface area contributed by atoms with Crippen LogP contribution in [0.2, 0.25) is 0 Å². The maximum atomic E-state index is 12.8. The first-order valence-electron chi connectivity index (χ1n) is 8.49. The second-order valence-corrected chi connectivity index (χ2v) is 6.17. The summed E-state index contributed by atoms with van der Waals surface area (Å²) in [5.41, 5.74) is 0.495. The van der Waals surface area contributed by atoms with Crippen molar-refractivity contribution in [2.75, 3.05) is 38.1 Å². The molecule has 0 aromatic heterocycles. The van der Waals surface area contributed by atoms with Gasteiger partial charge in [0.15, 0.2) is 0 Å². The van der Waals surface area contributed by atoms with Crippen LogP contribution in [0.4, 0.5) is 11.4 Å². The molecule has 0 aliphatic carbocycles. The van der Waals surface area contributed by atoms with Crippen LogP contribution in [-0.2, 0) is 4.79 Å². The molecule has 0 atom stereocenters. The van der Waals surface area contributed by atoms with Crippen molar-refractivity contribution < 1.29 is 9.72 Å². The summed E-state index contributed by atoms with van der Waals surface area (Å²) in [6.07, 6.45) is 2.83. The highest BCUT2D eigenvalue weighted by Gasteiger charge is 2.26. The molecule has 7 nitrogen and oxygen atoms in total. The number of nitrogens with zero attached hydrogens (tertiary/aromatic N) is 3. The minimum absolute atomic E-state index is 0.0247. The molecule has 1 heterocycles. The number of rotatable bonds is 7. The van der Waals surface area contributed by atoms with Crippen molar-refractivity contribution in [3.05, 3.63) is 34.4 Å². The van der Waals surface area contributed by atoms with E-state index in [0.29, 0.717) is 5.69 Å². The molecule has 1 N–H and O–H groups in total. The van der Waals surface area contributed by atoms with Crippen LogP contribution in [0, 0.1) is 10.1 Å². The Balaban J connectivity index is 2.09. The van der Waals surface area contributed by atoms with Gasteiger partial charge >= 0.3 is 0 Å². The summed E-state index contributed by atoms with van der Waals surface area (Å²) in [6.45, 7) is 4.80. The van der Waals surface area contributed by atoms with Gasteiger partial charge in [-0.2, -0.15) is 0 Å². The molecule has 0 radical (unpaired) electrons. The fourth-order valence-corrected chi connectivity index (χ4v) is 3.19. The van der Waals surface area contributed by atoms with Crippen LogP contribution in [0.25, 0.3) is 0 Å². The van der Waals surface area contributed by atoms with Crippen LogP contribution in [0.1, 0.15) is 26.2 Å². The van der Waals surface area contributed by atoms with Gasteiger partial charge in [-0.05, 0) is 38.4 Å². The third-order valence-electron chi connectivity index (χ3n) is 4.40. The molecule has 132 valence electrons. The van der Waals surface area contributed by atoms with Crippen molar-refractivity contribution >= 4 is 17.3 Å². The van der Waals surface area contributed by atoms with E-state index in [1.165, 1.54) is 6.07 Å². The standard InChI is InChI=1S/C17H26N4O3/c1-3-12-20(14-8-10-18-11-9-14)17(22)13-19(2)15-6-4-5-7-16(15)21(23)24/h4-7,14,18H,3,8-13H2,1-2H3. The molecule has 0 spiro atoms. The molecule has 1 aromatic rings. The number of piperidine rings is 1. The number of amides is 1. The second kappa shape index (κ2) is 8.63. The zero-order chi connectivity index (χ0) is 17.5. The predicted molar refractivity (Wildman–Crippen MR) is 94.3 cm³/mol. The lowest BCUT2D eigenvalue weighted by Crippen LogP contribution is -2.49. The molecule has 0 saturated carbocycles.